The van der Waals surface area contributed by atoms with Gasteiger partial charge in [0, 0.05) is 12.1 Å². The van der Waals surface area contributed by atoms with Gasteiger partial charge in [0.25, 0.3) is 11.2 Å². The molecule has 0 atom stereocenters. The first-order valence-electron chi connectivity index (χ1n) is 10.1. The second-order valence-corrected chi connectivity index (χ2v) is 8.80. The van der Waals surface area contributed by atoms with Crippen molar-refractivity contribution in [3.63, 3.8) is 0 Å². The minimum absolute atomic E-state index is 0.0207. The summed E-state index contributed by atoms with van der Waals surface area (Å²) in [5.41, 5.74) is 2.64. The third kappa shape index (κ3) is 3.95. The topological polar surface area (TPSA) is 96.0 Å². The van der Waals surface area contributed by atoms with Gasteiger partial charge < -0.3 is 9.47 Å². The van der Waals surface area contributed by atoms with Gasteiger partial charge in [-0.15, -0.1) is 0 Å². The second kappa shape index (κ2) is 8.77. The molecule has 10 heteroatoms. The minimum atomic E-state index is -0.462. The first kappa shape index (κ1) is 21.9. The maximum absolute atomic E-state index is 13.0. The molecule has 5 rings (SSSR count). The quantitative estimate of drug-likeness (QED) is 0.253. The first-order chi connectivity index (χ1) is 16.4. The van der Waals surface area contributed by atoms with Gasteiger partial charge >= 0.3 is 0 Å². The summed E-state index contributed by atoms with van der Waals surface area (Å²) < 4.78 is 13.4. The summed E-state index contributed by atoms with van der Waals surface area (Å²) in [4.78, 5) is 28.7. The van der Waals surface area contributed by atoms with Gasteiger partial charge in [-0.25, -0.2) is 9.38 Å². The van der Waals surface area contributed by atoms with Crippen molar-refractivity contribution in [1.82, 2.24) is 9.38 Å². The molecule has 0 spiro atoms. The van der Waals surface area contributed by atoms with Crippen LogP contribution in [-0.2, 0) is 6.61 Å². The third-order valence-corrected chi connectivity index (χ3v) is 6.45. The Bertz CT molecular complexity index is 1680. The lowest BCUT2D eigenvalue weighted by Gasteiger charge is -2.13. The number of nitrogens with zero attached hydrogens (tertiary/aromatic N) is 3. The van der Waals surface area contributed by atoms with Crippen molar-refractivity contribution in [3.05, 3.63) is 102 Å². The van der Waals surface area contributed by atoms with Gasteiger partial charge in [-0.2, -0.15) is 0 Å². The largest absolute Gasteiger partial charge is 0.493 e. The third-order valence-electron chi connectivity index (χ3n) is 5.20. The number of nitro benzene ring substituents is 1. The SMILES string of the molecule is COc1cc(/C=c2\sc3nc4ccccc4n3c2=O)cc(Cl)c1OCc1cccc([N+](=O)[O-])c1. The van der Waals surface area contributed by atoms with E-state index in [-0.39, 0.29) is 22.9 Å². The molecule has 0 aliphatic rings. The molecule has 3 aromatic carbocycles. The van der Waals surface area contributed by atoms with E-state index in [9.17, 15) is 14.9 Å². The molecule has 0 aliphatic carbocycles. The van der Waals surface area contributed by atoms with E-state index in [1.165, 1.54) is 30.6 Å². The molecule has 0 saturated heterocycles. The summed E-state index contributed by atoms with van der Waals surface area (Å²) in [6.45, 7) is 0.0702. The highest BCUT2D eigenvalue weighted by Crippen LogP contribution is 2.37. The lowest BCUT2D eigenvalue weighted by molar-refractivity contribution is -0.384. The number of imidazole rings is 1. The molecule has 2 heterocycles. The highest BCUT2D eigenvalue weighted by atomic mass is 35.5. The van der Waals surface area contributed by atoms with E-state index in [1.54, 1.807) is 34.7 Å². The van der Waals surface area contributed by atoms with Gasteiger partial charge in [-0.05, 0) is 41.5 Å². The molecule has 5 aromatic rings. The fourth-order valence-electron chi connectivity index (χ4n) is 3.64. The van der Waals surface area contributed by atoms with Crippen LogP contribution in [0.3, 0.4) is 0 Å². The van der Waals surface area contributed by atoms with Crippen molar-refractivity contribution >= 4 is 50.7 Å². The van der Waals surface area contributed by atoms with Gasteiger partial charge in [-0.1, -0.05) is 47.2 Å². The lowest BCUT2D eigenvalue weighted by atomic mass is 10.2. The van der Waals surface area contributed by atoms with Crippen LogP contribution in [0, 0.1) is 10.1 Å². The summed E-state index contributed by atoms with van der Waals surface area (Å²) in [6.07, 6.45) is 1.73. The monoisotopic (exact) mass is 493 g/mol. The van der Waals surface area contributed by atoms with Crippen molar-refractivity contribution < 1.29 is 14.4 Å². The van der Waals surface area contributed by atoms with Crippen LogP contribution in [0.1, 0.15) is 11.1 Å². The molecule has 2 aromatic heterocycles. The van der Waals surface area contributed by atoms with E-state index in [1.807, 2.05) is 24.3 Å². The van der Waals surface area contributed by atoms with Crippen LogP contribution in [0.25, 0.3) is 22.1 Å². The molecule has 0 N–H and O–H groups in total. The van der Waals surface area contributed by atoms with Crippen LogP contribution in [-0.4, -0.2) is 21.4 Å². The van der Waals surface area contributed by atoms with E-state index in [4.69, 9.17) is 21.1 Å². The van der Waals surface area contributed by atoms with E-state index < -0.39 is 4.92 Å². The minimum Gasteiger partial charge on any atom is -0.493 e. The summed E-state index contributed by atoms with van der Waals surface area (Å²) >= 11 is 7.77. The van der Waals surface area contributed by atoms with Crippen molar-refractivity contribution in [2.24, 2.45) is 0 Å². The van der Waals surface area contributed by atoms with Gasteiger partial charge in [-0.3, -0.25) is 14.9 Å². The fraction of sp³-hybridized carbons (Fsp3) is 0.0833. The Balaban J connectivity index is 1.49. The number of non-ortho nitro benzene ring substituents is 1. The molecule has 0 saturated carbocycles. The van der Waals surface area contributed by atoms with E-state index >= 15 is 0 Å². The number of ether oxygens (including phenoxy) is 2. The van der Waals surface area contributed by atoms with E-state index in [0.717, 1.165) is 11.0 Å². The van der Waals surface area contributed by atoms with E-state index in [0.29, 0.717) is 32.1 Å². The molecule has 0 amide bonds. The van der Waals surface area contributed by atoms with Crippen molar-refractivity contribution in [2.45, 2.75) is 6.61 Å². The first-order valence-corrected chi connectivity index (χ1v) is 11.3. The Hall–Kier alpha value is -3.95. The lowest BCUT2D eigenvalue weighted by Crippen LogP contribution is -2.22. The van der Waals surface area contributed by atoms with Gasteiger partial charge in [0.2, 0.25) is 0 Å². The molecule has 0 unspecified atom stereocenters. The Morgan fingerprint density at radius 3 is 2.79 bits per heavy atom. The van der Waals surface area contributed by atoms with Crippen molar-refractivity contribution in [1.29, 1.82) is 0 Å². The predicted molar refractivity (Wildman–Crippen MR) is 131 cm³/mol. The number of benzene rings is 3. The number of rotatable bonds is 6. The van der Waals surface area contributed by atoms with Crippen molar-refractivity contribution in [3.8, 4) is 11.5 Å². The zero-order valence-electron chi connectivity index (χ0n) is 17.7. The highest BCUT2D eigenvalue weighted by Gasteiger charge is 2.15. The summed E-state index contributed by atoms with van der Waals surface area (Å²) in [5.74, 6) is 0.686. The zero-order chi connectivity index (χ0) is 23.8. The second-order valence-electron chi connectivity index (χ2n) is 7.38. The van der Waals surface area contributed by atoms with E-state index in [2.05, 4.69) is 4.98 Å². The molecule has 34 heavy (non-hydrogen) atoms. The maximum atomic E-state index is 13.0. The Morgan fingerprint density at radius 2 is 2.00 bits per heavy atom. The number of aromatic nitrogens is 2. The number of para-hydroxylation sites is 2. The van der Waals surface area contributed by atoms with Crippen molar-refractivity contribution in [2.75, 3.05) is 7.11 Å². The molecule has 0 radical (unpaired) electrons. The number of fused-ring (bicyclic) bond motifs is 3. The Kier molecular flexibility index (Phi) is 5.64. The summed E-state index contributed by atoms with van der Waals surface area (Å²) in [7, 11) is 1.49. The Labute approximate surface area is 201 Å². The number of hydrogen-bond acceptors (Lipinski definition) is 7. The normalized spacial score (nSPS) is 11.9. The van der Waals surface area contributed by atoms with Gasteiger partial charge in [0.05, 0.1) is 32.6 Å². The maximum Gasteiger partial charge on any atom is 0.274 e. The van der Waals surface area contributed by atoms with Gasteiger partial charge in [0.1, 0.15) is 6.61 Å². The van der Waals surface area contributed by atoms with Crippen LogP contribution >= 0.6 is 22.9 Å². The Morgan fingerprint density at radius 1 is 1.18 bits per heavy atom. The molecule has 0 aliphatic heterocycles. The predicted octanol–water partition coefficient (Wildman–Crippen LogP) is 4.61. The number of thiazole rings is 1. The summed E-state index contributed by atoms with van der Waals surface area (Å²) in [5, 5.41) is 11.3. The van der Waals surface area contributed by atoms with Crippen LogP contribution in [0.2, 0.25) is 5.02 Å². The van der Waals surface area contributed by atoms with Crippen LogP contribution < -0.4 is 19.6 Å². The highest BCUT2D eigenvalue weighted by molar-refractivity contribution is 7.15. The van der Waals surface area contributed by atoms with Crippen LogP contribution in [0.4, 0.5) is 5.69 Å². The number of hydrogen-bond donors (Lipinski definition) is 0. The molecule has 170 valence electrons. The molecule has 8 nitrogen and oxygen atoms in total. The number of halogens is 1. The standard InChI is InChI=1S/C24H16ClN3O5S/c1-32-20-11-15(10-17(25)22(20)33-13-14-5-4-6-16(9-14)28(30)31)12-21-23(29)27-19-8-3-2-7-18(19)26-24(27)34-21/h2-12H,13H2,1H3/b21-12-. The smallest absolute Gasteiger partial charge is 0.274 e. The number of methoxy groups -OCH3 is 1. The average Bonchev–Trinajstić information content (AvgIpc) is 3.34. The van der Waals surface area contributed by atoms with Crippen LogP contribution in [0.15, 0.2) is 65.5 Å². The molecule has 0 fully saturated rings. The molecular formula is C24H16ClN3O5S. The van der Waals surface area contributed by atoms with Gasteiger partial charge in [0.15, 0.2) is 16.5 Å². The number of nitro groups is 1. The molecular weight excluding hydrogens is 478 g/mol. The zero-order valence-corrected chi connectivity index (χ0v) is 19.3. The molecule has 0 bridgehead atoms. The average molecular weight is 494 g/mol. The van der Waals surface area contributed by atoms with Crippen LogP contribution in [0.5, 0.6) is 11.5 Å². The fourth-order valence-corrected chi connectivity index (χ4v) is 4.90. The summed E-state index contributed by atoms with van der Waals surface area (Å²) in [6, 6.07) is 17.0.